The zero-order chi connectivity index (χ0) is 11.7. The molecule has 1 aromatic rings. The van der Waals surface area contributed by atoms with Crippen molar-refractivity contribution in [1.82, 2.24) is 9.97 Å². The molecule has 1 unspecified atom stereocenters. The van der Waals surface area contributed by atoms with Crippen LogP contribution in [0.3, 0.4) is 0 Å². The Bertz CT molecular complexity index is 402. The van der Waals surface area contributed by atoms with Crippen molar-refractivity contribution in [3.8, 4) is 0 Å². The van der Waals surface area contributed by atoms with Crippen LogP contribution in [0.4, 0.5) is 0 Å². The van der Waals surface area contributed by atoms with E-state index in [9.17, 15) is 0 Å². The molecular formula is C13H19N3O. The van der Waals surface area contributed by atoms with Crippen molar-refractivity contribution in [2.24, 2.45) is 5.73 Å². The third kappa shape index (κ3) is 2.19. The summed E-state index contributed by atoms with van der Waals surface area (Å²) in [5.41, 5.74) is 8.47. The van der Waals surface area contributed by atoms with Crippen molar-refractivity contribution < 1.29 is 4.74 Å². The van der Waals surface area contributed by atoms with Crippen molar-refractivity contribution in [2.75, 3.05) is 13.2 Å². The summed E-state index contributed by atoms with van der Waals surface area (Å²) in [4.78, 5) is 9.25. The van der Waals surface area contributed by atoms with E-state index in [1.165, 1.54) is 5.56 Å². The maximum absolute atomic E-state index is 6.13. The molecule has 1 fully saturated rings. The second kappa shape index (κ2) is 4.70. The van der Waals surface area contributed by atoms with Gasteiger partial charge in [0.2, 0.25) is 0 Å². The van der Waals surface area contributed by atoms with Crippen LogP contribution in [0, 0.1) is 0 Å². The van der Waals surface area contributed by atoms with E-state index in [2.05, 4.69) is 4.98 Å². The van der Waals surface area contributed by atoms with Gasteiger partial charge in [-0.3, -0.25) is 0 Å². The van der Waals surface area contributed by atoms with Gasteiger partial charge in [0.15, 0.2) is 0 Å². The highest BCUT2D eigenvalue weighted by atomic mass is 16.5. The van der Waals surface area contributed by atoms with Crippen LogP contribution in [0.2, 0.25) is 0 Å². The zero-order valence-corrected chi connectivity index (χ0v) is 10.1. The molecule has 0 saturated carbocycles. The normalized spacial score (nSPS) is 25.6. The van der Waals surface area contributed by atoms with Crippen molar-refractivity contribution in [2.45, 2.75) is 44.1 Å². The van der Waals surface area contributed by atoms with Gasteiger partial charge in [-0.2, -0.15) is 0 Å². The molecule has 0 bridgehead atoms. The Hall–Kier alpha value is -1.00. The highest BCUT2D eigenvalue weighted by molar-refractivity contribution is 5.24. The fraction of sp³-hybridized carbons (Fsp3) is 0.692. The van der Waals surface area contributed by atoms with Crippen LogP contribution in [-0.2, 0) is 11.2 Å². The molecule has 1 atom stereocenters. The Kier molecular flexibility index (Phi) is 3.07. The summed E-state index contributed by atoms with van der Waals surface area (Å²) in [5.74, 6) is 1.44. The zero-order valence-electron chi connectivity index (χ0n) is 10.1. The third-order valence-electron chi connectivity index (χ3n) is 3.82. The largest absolute Gasteiger partial charge is 0.381 e. The SMILES string of the molecule is NC1CCCc2cnc(C3CCOCC3)nc21. The molecule has 0 spiro atoms. The monoisotopic (exact) mass is 233 g/mol. The van der Waals surface area contributed by atoms with E-state index >= 15 is 0 Å². The fourth-order valence-electron chi connectivity index (χ4n) is 2.75. The van der Waals surface area contributed by atoms with Gasteiger partial charge in [-0.15, -0.1) is 0 Å². The molecule has 2 aliphatic rings. The Morgan fingerprint density at radius 2 is 2.06 bits per heavy atom. The Balaban J connectivity index is 1.88. The molecule has 1 saturated heterocycles. The quantitative estimate of drug-likeness (QED) is 0.802. The number of aryl methyl sites for hydroxylation is 1. The molecular weight excluding hydrogens is 214 g/mol. The van der Waals surface area contributed by atoms with Gasteiger partial charge in [0.1, 0.15) is 5.82 Å². The van der Waals surface area contributed by atoms with E-state index in [0.29, 0.717) is 5.92 Å². The molecule has 1 aliphatic carbocycles. The predicted molar refractivity (Wildman–Crippen MR) is 64.7 cm³/mol. The lowest BCUT2D eigenvalue weighted by Crippen LogP contribution is -2.23. The molecule has 2 N–H and O–H groups in total. The number of nitrogens with zero attached hydrogens (tertiary/aromatic N) is 2. The predicted octanol–water partition coefficient (Wildman–Crippen LogP) is 1.71. The third-order valence-corrected chi connectivity index (χ3v) is 3.82. The number of fused-ring (bicyclic) bond motifs is 1. The van der Waals surface area contributed by atoms with Crippen molar-refractivity contribution in [3.05, 3.63) is 23.3 Å². The van der Waals surface area contributed by atoms with Crippen LogP contribution in [0.5, 0.6) is 0 Å². The minimum Gasteiger partial charge on any atom is -0.381 e. The first-order valence-electron chi connectivity index (χ1n) is 6.53. The van der Waals surface area contributed by atoms with Crippen molar-refractivity contribution in [1.29, 1.82) is 0 Å². The molecule has 3 rings (SSSR count). The van der Waals surface area contributed by atoms with E-state index in [1.807, 2.05) is 6.20 Å². The van der Waals surface area contributed by atoms with Gasteiger partial charge in [-0.1, -0.05) is 0 Å². The topological polar surface area (TPSA) is 61.0 Å². The summed E-state index contributed by atoms with van der Waals surface area (Å²) >= 11 is 0. The first-order valence-corrected chi connectivity index (χ1v) is 6.53. The van der Waals surface area contributed by atoms with Gasteiger partial charge in [-0.25, -0.2) is 9.97 Å². The number of aromatic nitrogens is 2. The number of hydrogen-bond donors (Lipinski definition) is 1. The summed E-state index contributed by atoms with van der Waals surface area (Å²) in [6, 6.07) is 0.111. The average Bonchev–Trinajstić information content (AvgIpc) is 2.40. The second-order valence-corrected chi connectivity index (χ2v) is 5.02. The van der Waals surface area contributed by atoms with E-state index in [0.717, 1.165) is 56.8 Å². The molecule has 1 aromatic heterocycles. The molecule has 0 radical (unpaired) electrons. The number of ether oxygens (including phenoxy) is 1. The maximum atomic E-state index is 6.13. The number of hydrogen-bond acceptors (Lipinski definition) is 4. The molecule has 1 aliphatic heterocycles. The molecule has 2 heterocycles. The highest BCUT2D eigenvalue weighted by Crippen LogP contribution is 2.29. The van der Waals surface area contributed by atoms with Crippen LogP contribution in [0.1, 0.15) is 54.7 Å². The first-order chi connectivity index (χ1) is 8.34. The van der Waals surface area contributed by atoms with E-state index in [4.69, 9.17) is 15.5 Å². The summed E-state index contributed by atoms with van der Waals surface area (Å²) in [7, 11) is 0. The fourth-order valence-corrected chi connectivity index (χ4v) is 2.75. The molecule has 0 aromatic carbocycles. The van der Waals surface area contributed by atoms with E-state index in [-0.39, 0.29) is 6.04 Å². The summed E-state index contributed by atoms with van der Waals surface area (Å²) in [5, 5.41) is 0. The maximum Gasteiger partial charge on any atom is 0.131 e. The number of nitrogens with two attached hydrogens (primary N) is 1. The summed E-state index contributed by atoms with van der Waals surface area (Å²) < 4.78 is 5.37. The summed E-state index contributed by atoms with van der Waals surface area (Å²) in [6.07, 6.45) is 7.36. The standard InChI is InChI=1S/C13H19N3O/c14-11-3-1-2-10-8-15-13(16-12(10)11)9-4-6-17-7-5-9/h8-9,11H,1-7,14H2. The van der Waals surface area contributed by atoms with Crippen LogP contribution < -0.4 is 5.73 Å². The van der Waals surface area contributed by atoms with Crippen molar-refractivity contribution in [3.63, 3.8) is 0 Å². The van der Waals surface area contributed by atoms with Gasteiger partial charge in [0.25, 0.3) is 0 Å². The lowest BCUT2D eigenvalue weighted by Gasteiger charge is -2.25. The Morgan fingerprint density at radius 1 is 1.24 bits per heavy atom. The van der Waals surface area contributed by atoms with E-state index in [1.54, 1.807) is 0 Å². The van der Waals surface area contributed by atoms with Gasteiger partial charge in [-0.05, 0) is 37.7 Å². The molecule has 17 heavy (non-hydrogen) atoms. The Morgan fingerprint density at radius 3 is 2.88 bits per heavy atom. The van der Waals surface area contributed by atoms with Gasteiger partial charge in [0.05, 0.1) is 5.69 Å². The van der Waals surface area contributed by atoms with Crippen LogP contribution in [0.25, 0.3) is 0 Å². The summed E-state index contributed by atoms with van der Waals surface area (Å²) in [6.45, 7) is 1.66. The van der Waals surface area contributed by atoms with Gasteiger partial charge in [0, 0.05) is 31.4 Å². The first kappa shape index (κ1) is 11.1. The van der Waals surface area contributed by atoms with Gasteiger partial charge >= 0.3 is 0 Å². The molecule has 0 amide bonds. The lowest BCUT2D eigenvalue weighted by atomic mass is 9.92. The molecule has 92 valence electrons. The van der Waals surface area contributed by atoms with E-state index < -0.39 is 0 Å². The average molecular weight is 233 g/mol. The second-order valence-electron chi connectivity index (χ2n) is 5.02. The highest BCUT2D eigenvalue weighted by Gasteiger charge is 2.23. The Labute approximate surface area is 102 Å². The number of rotatable bonds is 1. The molecule has 4 nitrogen and oxygen atoms in total. The smallest absolute Gasteiger partial charge is 0.131 e. The van der Waals surface area contributed by atoms with Crippen LogP contribution in [0.15, 0.2) is 6.20 Å². The van der Waals surface area contributed by atoms with Gasteiger partial charge < -0.3 is 10.5 Å². The van der Waals surface area contributed by atoms with Crippen LogP contribution in [-0.4, -0.2) is 23.2 Å². The minimum absolute atomic E-state index is 0.111. The lowest BCUT2D eigenvalue weighted by molar-refractivity contribution is 0.0835. The van der Waals surface area contributed by atoms with Crippen molar-refractivity contribution >= 4 is 0 Å². The van der Waals surface area contributed by atoms with Crippen LogP contribution >= 0.6 is 0 Å². The minimum atomic E-state index is 0.111. The molecule has 4 heteroatoms.